The standard InChI is InChI=1S/C15H22ClN3O2/c1-2-18-7-9-19(10-8-18)15(20)17-6-11-21-14-5-3-4-13(16)12-14/h3-5,12H,2,6-11H2,1H3,(H,17,20). The zero-order valence-corrected chi connectivity index (χ0v) is 13.1. The summed E-state index contributed by atoms with van der Waals surface area (Å²) < 4.78 is 5.53. The Hall–Kier alpha value is -1.46. The fourth-order valence-corrected chi connectivity index (χ4v) is 2.44. The third kappa shape index (κ3) is 5.10. The van der Waals surface area contributed by atoms with E-state index in [9.17, 15) is 4.79 Å². The lowest BCUT2D eigenvalue weighted by Crippen LogP contribution is -2.52. The predicted octanol–water partition coefficient (Wildman–Crippen LogP) is 2.07. The van der Waals surface area contributed by atoms with Crippen molar-refractivity contribution in [1.29, 1.82) is 0 Å². The Labute approximate surface area is 130 Å². The molecule has 1 aromatic rings. The molecule has 1 N–H and O–H groups in total. The number of hydrogen-bond acceptors (Lipinski definition) is 3. The van der Waals surface area contributed by atoms with Gasteiger partial charge in [-0.3, -0.25) is 0 Å². The normalized spacial score (nSPS) is 15.8. The zero-order valence-electron chi connectivity index (χ0n) is 12.3. The van der Waals surface area contributed by atoms with Crippen LogP contribution in [0.4, 0.5) is 4.79 Å². The zero-order chi connectivity index (χ0) is 15.1. The number of rotatable bonds is 5. The SMILES string of the molecule is CCN1CCN(C(=O)NCCOc2cccc(Cl)c2)CC1. The Morgan fingerprint density at radius 1 is 1.33 bits per heavy atom. The maximum Gasteiger partial charge on any atom is 0.317 e. The lowest BCUT2D eigenvalue weighted by atomic mass is 10.3. The number of benzene rings is 1. The molecule has 116 valence electrons. The van der Waals surface area contributed by atoms with Crippen molar-refractivity contribution < 1.29 is 9.53 Å². The second-order valence-electron chi connectivity index (χ2n) is 4.96. The molecule has 1 heterocycles. The van der Waals surface area contributed by atoms with E-state index in [1.165, 1.54) is 0 Å². The number of amides is 2. The molecule has 0 spiro atoms. The van der Waals surface area contributed by atoms with E-state index in [0.29, 0.717) is 23.9 Å². The first-order valence-corrected chi connectivity index (χ1v) is 7.70. The monoisotopic (exact) mass is 311 g/mol. The third-order valence-corrected chi connectivity index (χ3v) is 3.78. The van der Waals surface area contributed by atoms with Gasteiger partial charge in [-0.05, 0) is 24.7 Å². The fraction of sp³-hybridized carbons (Fsp3) is 0.533. The van der Waals surface area contributed by atoms with Gasteiger partial charge < -0.3 is 19.9 Å². The van der Waals surface area contributed by atoms with Crippen LogP contribution in [0.3, 0.4) is 0 Å². The summed E-state index contributed by atoms with van der Waals surface area (Å²) in [5, 5.41) is 3.52. The second-order valence-corrected chi connectivity index (χ2v) is 5.40. The Bertz CT molecular complexity index is 462. The van der Waals surface area contributed by atoms with E-state index < -0.39 is 0 Å². The first-order chi connectivity index (χ1) is 10.2. The van der Waals surface area contributed by atoms with Crippen LogP contribution < -0.4 is 10.1 Å². The minimum atomic E-state index is -0.0135. The highest BCUT2D eigenvalue weighted by molar-refractivity contribution is 6.30. The maximum atomic E-state index is 12.0. The third-order valence-electron chi connectivity index (χ3n) is 3.55. The van der Waals surface area contributed by atoms with Gasteiger partial charge in [-0.25, -0.2) is 4.79 Å². The van der Waals surface area contributed by atoms with Crippen LogP contribution in [0.2, 0.25) is 5.02 Å². The van der Waals surface area contributed by atoms with E-state index in [0.717, 1.165) is 32.7 Å². The van der Waals surface area contributed by atoms with Crippen molar-refractivity contribution in [3.63, 3.8) is 0 Å². The molecular formula is C15H22ClN3O2. The summed E-state index contributed by atoms with van der Waals surface area (Å²) in [5.41, 5.74) is 0. The molecule has 1 fully saturated rings. The van der Waals surface area contributed by atoms with Crippen molar-refractivity contribution >= 4 is 17.6 Å². The topological polar surface area (TPSA) is 44.8 Å². The van der Waals surface area contributed by atoms with Crippen LogP contribution in [0, 0.1) is 0 Å². The number of hydrogen-bond donors (Lipinski definition) is 1. The van der Waals surface area contributed by atoms with Gasteiger partial charge >= 0.3 is 6.03 Å². The second kappa shape index (κ2) is 8.10. The van der Waals surface area contributed by atoms with Crippen LogP contribution >= 0.6 is 11.6 Å². The van der Waals surface area contributed by atoms with Crippen molar-refractivity contribution in [2.45, 2.75) is 6.92 Å². The number of urea groups is 1. The molecule has 6 heteroatoms. The van der Waals surface area contributed by atoms with Gasteiger partial charge in [0.25, 0.3) is 0 Å². The molecule has 0 aliphatic carbocycles. The predicted molar refractivity (Wildman–Crippen MR) is 84.0 cm³/mol. The van der Waals surface area contributed by atoms with Gasteiger partial charge in [0.2, 0.25) is 0 Å². The van der Waals surface area contributed by atoms with Crippen molar-refractivity contribution in [3.05, 3.63) is 29.3 Å². The molecule has 2 amide bonds. The number of ether oxygens (including phenoxy) is 1. The van der Waals surface area contributed by atoms with Crippen LogP contribution in [0.5, 0.6) is 5.75 Å². The van der Waals surface area contributed by atoms with Crippen molar-refractivity contribution in [1.82, 2.24) is 15.1 Å². The Morgan fingerprint density at radius 3 is 2.76 bits per heavy atom. The molecule has 0 saturated carbocycles. The van der Waals surface area contributed by atoms with E-state index in [4.69, 9.17) is 16.3 Å². The number of nitrogens with zero attached hydrogens (tertiary/aromatic N) is 2. The molecule has 0 atom stereocenters. The molecule has 1 aliphatic rings. The summed E-state index contributed by atoms with van der Waals surface area (Å²) in [4.78, 5) is 16.2. The van der Waals surface area contributed by atoms with Gasteiger partial charge in [-0.1, -0.05) is 24.6 Å². The minimum Gasteiger partial charge on any atom is -0.492 e. The summed E-state index contributed by atoms with van der Waals surface area (Å²) in [6.07, 6.45) is 0. The number of piperazine rings is 1. The molecule has 5 nitrogen and oxygen atoms in total. The van der Waals surface area contributed by atoms with E-state index in [1.54, 1.807) is 12.1 Å². The molecule has 0 unspecified atom stereocenters. The summed E-state index contributed by atoms with van der Waals surface area (Å²) in [7, 11) is 0. The van der Waals surface area contributed by atoms with Gasteiger partial charge in [-0.15, -0.1) is 0 Å². The molecule has 0 radical (unpaired) electrons. The van der Waals surface area contributed by atoms with Crippen LogP contribution in [-0.2, 0) is 0 Å². The molecular weight excluding hydrogens is 290 g/mol. The quantitative estimate of drug-likeness (QED) is 0.847. The van der Waals surface area contributed by atoms with Gasteiger partial charge in [0, 0.05) is 31.2 Å². The van der Waals surface area contributed by atoms with E-state index in [1.807, 2.05) is 17.0 Å². The van der Waals surface area contributed by atoms with Crippen molar-refractivity contribution in [3.8, 4) is 5.75 Å². The smallest absolute Gasteiger partial charge is 0.317 e. The van der Waals surface area contributed by atoms with Gasteiger partial charge in [-0.2, -0.15) is 0 Å². The molecule has 0 bridgehead atoms. The number of carbonyl (C=O) groups is 1. The average Bonchev–Trinajstić information content (AvgIpc) is 2.51. The number of carbonyl (C=O) groups excluding carboxylic acids is 1. The number of halogens is 1. The van der Waals surface area contributed by atoms with Crippen molar-refractivity contribution in [2.75, 3.05) is 45.9 Å². The number of nitrogens with one attached hydrogen (secondary N) is 1. The van der Waals surface area contributed by atoms with Crippen LogP contribution in [0.1, 0.15) is 6.92 Å². The fourth-order valence-electron chi connectivity index (χ4n) is 2.26. The largest absolute Gasteiger partial charge is 0.492 e. The lowest BCUT2D eigenvalue weighted by Gasteiger charge is -2.33. The number of likely N-dealkylation sites (N-methyl/N-ethyl adjacent to an activating group) is 1. The average molecular weight is 312 g/mol. The molecule has 2 rings (SSSR count). The minimum absolute atomic E-state index is 0.0135. The first-order valence-electron chi connectivity index (χ1n) is 7.32. The Balaban J connectivity index is 1.63. The van der Waals surface area contributed by atoms with Gasteiger partial charge in [0.1, 0.15) is 12.4 Å². The highest BCUT2D eigenvalue weighted by Crippen LogP contribution is 2.16. The molecule has 1 aliphatic heterocycles. The van der Waals surface area contributed by atoms with Crippen molar-refractivity contribution in [2.24, 2.45) is 0 Å². The summed E-state index contributed by atoms with van der Waals surface area (Å²) in [6, 6.07) is 7.22. The van der Waals surface area contributed by atoms with E-state index in [-0.39, 0.29) is 6.03 Å². The summed E-state index contributed by atoms with van der Waals surface area (Å²) >= 11 is 5.87. The van der Waals surface area contributed by atoms with Crippen LogP contribution in [-0.4, -0.2) is 61.7 Å². The summed E-state index contributed by atoms with van der Waals surface area (Å²) in [5.74, 6) is 0.716. The molecule has 21 heavy (non-hydrogen) atoms. The highest BCUT2D eigenvalue weighted by Gasteiger charge is 2.19. The molecule has 1 aromatic carbocycles. The Kier molecular flexibility index (Phi) is 6.14. The van der Waals surface area contributed by atoms with Crippen LogP contribution in [0.25, 0.3) is 0 Å². The highest BCUT2D eigenvalue weighted by atomic mass is 35.5. The van der Waals surface area contributed by atoms with E-state index in [2.05, 4.69) is 17.1 Å². The maximum absolute atomic E-state index is 12.0. The summed E-state index contributed by atoms with van der Waals surface area (Å²) in [6.45, 7) is 7.57. The Morgan fingerprint density at radius 2 is 2.10 bits per heavy atom. The first kappa shape index (κ1) is 15.9. The molecule has 0 aromatic heterocycles. The lowest BCUT2D eigenvalue weighted by molar-refractivity contribution is 0.142. The van der Waals surface area contributed by atoms with Crippen LogP contribution in [0.15, 0.2) is 24.3 Å². The van der Waals surface area contributed by atoms with Gasteiger partial charge in [0.15, 0.2) is 0 Å². The van der Waals surface area contributed by atoms with E-state index >= 15 is 0 Å². The van der Waals surface area contributed by atoms with Gasteiger partial charge in [0.05, 0.1) is 6.54 Å². The molecule has 1 saturated heterocycles.